The highest BCUT2D eigenvalue weighted by Crippen LogP contribution is 2.42. The Balaban J connectivity index is 1.39. The predicted molar refractivity (Wildman–Crippen MR) is 189 cm³/mol. The van der Waals surface area contributed by atoms with Crippen LogP contribution in [0.15, 0.2) is 67.3 Å². The molecule has 1 N–H and O–H groups in total. The third-order valence-corrected chi connectivity index (χ3v) is 9.43. The highest BCUT2D eigenvalue weighted by atomic mass is 32.2. The first-order valence-electron chi connectivity index (χ1n) is 17.0. The smallest absolute Gasteiger partial charge is 0.481 e. The lowest BCUT2D eigenvalue weighted by atomic mass is 9.89. The molecular weight excluding hydrogens is 765 g/mol. The van der Waals surface area contributed by atoms with Crippen molar-refractivity contribution < 1.29 is 65.9 Å². The summed E-state index contributed by atoms with van der Waals surface area (Å²) in [6, 6.07) is 8.75. The van der Waals surface area contributed by atoms with E-state index in [1.165, 1.54) is 47.3 Å². The molecule has 3 aromatic rings. The summed E-state index contributed by atoms with van der Waals surface area (Å²) in [5.41, 5.74) is -1.66. The van der Waals surface area contributed by atoms with Gasteiger partial charge in [-0.2, -0.15) is 10.4 Å². The molecule has 0 radical (unpaired) electrons. The van der Waals surface area contributed by atoms with Gasteiger partial charge in [-0.05, 0) is 43.7 Å². The average Bonchev–Trinajstić information content (AvgIpc) is 3.67. The molecule has 298 valence electrons. The SMILES string of the molecule is CC(SC1COC(C=CC=Cc2ccc(C#N)cc2F)OC1)C(Cn1cncn1)(OC(=O)OCOC(=O)CCCC(=O)OCCC(=O)O)c1ccc(F)cc1F. The third-order valence-electron chi connectivity index (χ3n) is 7.98. The molecule has 1 aromatic heterocycles. The number of carboxylic acids is 1. The van der Waals surface area contributed by atoms with Crippen molar-refractivity contribution >= 4 is 41.9 Å². The van der Waals surface area contributed by atoms with Crippen LogP contribution in [0.1, 0.15) is 49.3 Å². The highest BCUT2D eigenvalue weighted by molar-refractivity contribution is 8.00. The van der Waals surface area contributed by atoms with Crippen LogP contribution in [0.25, 0.3) is 6.08 Å². The molecule has 2 aromatic carbocycles. The number of nitriles is 1. The van der Waals surface area contributed by atoms with E-state index in [-0.39, 0.29) is 74.0 Å². The molecule has 19 heteroatoms. The lowest BCUT2D eigenvalue weighted by molar-refractivity contribution is -0.155. The van der Waals surface area contributed by atoms with Gasteiger partial charge in [0.05, 0.1) is 43.1 Å². The molecule has 1 fully saturated rings. The maximum Gasteiger partial charge on any atom is 0.512 e. The van der Waals surface area contributed by atoms with Crippen molar-refractivity contribution in [2.24, 2.45) is 0 Å². The van der Waals surface area contributed by atoms with E-state index in [1.807, 2.05) is 6.07 Å². The molecule has 0 aliphatic carbocycles. The van der Waals surface area contributed by atoms with Crippen LogP contribution in [0.4, 0.5) is 18.0 Å². The zero-order chi connectivity index (χ0) is 40.5. The first kappa shape index (κ1) is 43.0. The Hall–Kier alpha value is -5.71. The Morgan fingerprint density at radius 2 is 1.79 bits per heavy atom. The number of allylic oxidation sites excluding steroid dienone is 2. The number of ether oxygens (including phenoxy) is 6. The average molecular weight is 803 g/mol. The molecule has 2 unspecified atom stereocenters. The van der Waals surface area contributed by atoms with Gasteiger partial charge in [0.2, 0.25) is 6.79 Å². The number of benzene rings is 2. The summed E-state index contributed by atoms with van der Waals surface area (Å²) in [7, 11) is 0. The largest absolute Gasteiger partial charge is 0.512 e. The predicted octanol–water partition coefficient (Wildman–Crippen LogP) is 5.44. The fraction of sp³-hybridized carbons (Fsp3) is 0.378. The quantitative estimate of drug-likeness (QED) is 0.0696. The zero-order valence-corrected chi connectivity index (χ0v) is 30.7. The minimum atomic E-state index is -1.93. The first-order valence-corrected chi connectivity index (χ1v) is 17.9. The van der Waals surface area contributed by atoms with Gasteiger partial charge in [0.1, 0.15) is 36.7 Å². The van der Waals surface area contributed by atoms with E-state index in [4.69, 9.17) is 38.8 Å². The lowest BCUT2D eigenvalue weighted by Crippen LogP contribution is -2.47. The van der Waals surface area contributed by atoms with E-state index in [2.05, 4.69) is 10.1 Å². The summed E-state index contributed by atoms with van der Waals surface area (Å²) < 4.78 is 77.4. The molecule has 1 aliphatic heterocycles. The number of carbonyl (C=O) groups excluding carboxylic acids is 3. The Morgan fingerprint density at radius 3 is 2.45 bits per heavy atom. The molecule has 0 saturated carbocycles. The number of rotatable bonds is 19. The monoisotopic (exact) mass is 802 g/mol. The molecule has 2 atom stereocenters. The van der Waals surface area contributed by atoms with Crippen molar-refractivity contribution in [3.63, 3.8) is 0 Å². The van der Waals surface area contributed by atoms with Crippen molar-refractivity contribution in [3.05, 3.63) is 101 Å². The summed E-state index contributed by atoms with van der Waals surface area (Å²) in [6.07, 6.45) is 5.93. The number of hydrogen-bond donors (Lipinski definition) is 1. The van der Waals surface area contributed by atoms with Crippen molar-refractivity contribution in [2.45, 2.75) is 61.5 Å². The lowest BCUT2D eigenvalue weighted by Gasteiger charge is -2.40. The van der Waals surface area contributed by atoms with Gasteiger partial charge >= 0.3 is 24.1 Å². The minimum absolute atomic E-state index is 0.0125. The number of halogens is 3. The van der Waals surface area contributed by atoms with E-state index in [0.29, 0.717) is 6.07 Å². The zero-order valence-electron chi connectivity index (χ0n) is 29.9. The van der Waals surface area contributed by atoms with Crippen LogP contribution in [-0.2, 0) is 55.0 Å². The molecule has 0 amide bonds. The van der Waals surface area contributed by atoms with Crippen molar-refractivity contribution in [1.29, 1.82) is 5.26 Å². The van der Waals surface area contributed by atoms with E-state index in [1.54, 1.807) is 25.2 Å². The topological polar surface area (TPSA) is 198 Å². The number of hydrogen-bond acceptors (Lipinski definition) is 14. The fourth-order valence-electron chi connectivity index (χ4n) is 5.22. The molecule has 2 heterocycles. The number of nitrogens with zero attached hydrogens (tertiary/aromatic N) is 4. The van der Waals surface area contributed by atoms with E-state index < -0.39 is 65.4 Å². The van der Waals surface area contributed by atoms with Crippen LogP contribution < -0.4 is 0 Å². The molecule has 0 bridgehead atoms. The van der Waals surface area contributed by atoms with E-state index >= 15 is 4.39 Å². The Labute approximate surface area is 323 Å². The molecule has 1 aliphatic rings. The second-order valence-corrected chi connectivity index (χ2v) is 13.6. The number of carboxylic acid groups (broad SMARTS) is 1. The minimum Gasteiger partial charge on any atom is -0.481 e. The molecule has 4 rings (SSSR count). The summed E-state index contributed by atoms with van der Waals surface area (Å²) in [6.45, 7) is 0.410. The Kier molecular flexibility index (Phi) is 16.4. The number of aromatic nitrogens is 3. The summed E-state index contributed by atoms with van der Waals surface area (Å²) in [5, 5.41) is 20.4. The van der Waals surface area contributed by atoms with Gasteiger partial charge < -0.3 is 33.5 Å². The van der Waals surface area contributed by atoms with Gasteiger partial charge in [0.15, 0.2) is 11.9 Å². The Bertz CT molecular complexity index is 1920. The van der Waals surface area contributed by atoms with Gasteiger partial charge in [-0.15, -0.1) is 11.8 Å². The summed E-state index contributed by atoms with van der Waals surface area (Å²) >= 11 is 1.22. The van der Waals surface area contributed by atoms with Crippen LogP contribution in [0, 0.1) is 28.8 Å². The van der Waals surface area contributed by atoms with Crippen LogP contribution in [0.3, 0.4) is 0 Å². The van der Waals surface area contributed by atoms with Gasteiger partial charge in [-0.3, -0.25) is 14.4 Å². The standard InChI is InChI=1S/C37H37F3N4O11S/c1-24(56-28-18-51-35(52-19-28)8-3-2-5-26-10-9-25(17-41)15-30(26)39)37(20-44-22-42-21-43-44,29-12-11-27(38)16-31(29)40)55-36(49)54-23-53-34(48)7-4-6-33(47)50-14-13-32(45)46/h2-3,5,8-12,15-16,21-22,24,28,35H,4,6-7,13-14,18-20,23H2,1H3,(H,45,46). The Morgan fingerprint density at radius 1 is 1.04 bits per heavy atom. The maximum atomic E-state index is 15.6. The number of esters is 2. The number of thioether (sulfide) groups is 1. The van der Waals surface area contributed by atoms with E-state index in [9.17, 15) is 28.0 Å². The van der Waals surface area contributed by atoms with Gasteiger partial charge in [0.25, 0.3) is 0 Å². The van der Waals surface area contributed by atoms with Gasteiger partial charge in [0, 0.05) is 35.3 Å². The summed E-state index contributed by atoms with van der Waals surface area (Å²) in [4.78, 5) is 51.5. The molecule has 56 heavy (non-hydrogen) atoms. The fourth-order valence-corrected chi connectivity index (χ4v) is 6.58. The molecule has 15 nitrogen and oxygen atoms in total. The second kappa shape index (κ2) is 21.4. The summed E-state index contributed by atoms with van der Waals surface area (Å²) in [5.74, 6) is -5.13. The van der Waals surface area contributed by atoms with Crippen molar-refractivity contribution in [3.8, 4) is 6.07 Å². The van der Waals surface area contributed by atoms with Gasteiger partial charge in [-0.25, -0.2) is 27.6 Å². The molecule has 0 spiro atoms. The third kappa shape index (κ3) is 13.2. The van der Waals surface area contributed by atoms with Gasteiger partial charge in [-0.1, -0.05) is 24.3 Å². The van der Waals surface area contributed by atoms with E-state index in [0.717, 1.165) is 18.2 Å². The van der Waals surface area contributed by atoms with Crippen molar-refractivity contribution in [2.75, 3.05) is 26.6 Å². The molecular formula is C37H37F3N4O11S. The van der Waals surface area contributed by atoms with Crippen LogP contribution >= 0.6 is 11.8 Å². The van der Waals surface area contributed by atoms with Crippen LogP contribution in [-0.4, -0.2) is 87.3 Å². The second-order valence-electron chi connectivity index (χ2n) is 12.0. The normalized spacial score (nSPS) is 17.1. The first-order chi connectivity index (χ1) is 26.9. The molecule has 1 saturated heterocycles. The highest BCUT2D eigenvalue weighted by Gasteiger charge is 2.47. The van der Waals surface area contributed by atoms with Crippen LogP contribution in [0.5, 0.6) is 0 Å². The maximum absolute atomic E-state index is 15.6. The van der Waals surface area contributed by atoms with Crippen LogP contribution in [0.2, 0.25) is 0 Å². The number of carbonyl (C=O) groups is 4. The van der Waals surface area contributed by atoms with Crippen molar-refractivity contribution in [1.82, 2.24) is 14.8 Å². The number of aliphatic carboxylic acids is 1.